The molecule has 2 aromatic carbocycles. The van der Waals surface area contributed by atoms with Gasteiger partial charge in [-0.05, 0) is 43.2 Å². The van der Waals surface area contributed by atoms with Gasteiger partial charge >= 0.3 is 0 Å². The molecule has 7 nitrogen and oxygen atoms in total. The zero-order valence-corrected chi connectivity index (χ0v) is 17.4. The first kappa shape index (κ1) is 20.4. The second-order valence-electron chi connectivity index (χ2n) is 7.87. The lowest BCUT2D eigenvalue weighted by Gasteiger charge is -2.38. The maximum atomic E-state index is 12.8. The van der Waals surface area contributed by atoms with E-state index in [0.717, 1.165) is 30.2 Å². The number of fused-ring (bicyclic) bond motifs is 1. The molecule has 3 aromatic rings. The van der Waals surface area contributed by atoms with Crippen molar-refractivity contribution in [2.24, 2.45) is 0 Å². The smallest absolute Gasteiger partial charge is 0.261 e. The predicted octanol–water partition coefficient (Wildman–Crippen LogP) is 2.44. The van der Waals surface area contributed by atoms with Crippen LogP contribution in [0.5, 0.6) is 11.5 Å². The maximum absolute atomic E-state index is 12.8. The van der Waals surface area contributed by atoms with Crippen LogP contribution in [0.15, 0.2) is 53.6 Å². The summed E-state index contributed by atoms with van der Waals surface area (Å²) >= 11 is 0. The van der Waals surface area contributed by atoms with E-state index in [-0.39, 0.29) is 12.1 Å². The van der Waals surface area contributed by atoms with E-state index in [0.29, 0.717) is 30.3 Å². The molecule has 0 amide bonds. The van der Waals surface area contributed by atoms with Crippen molar-refractivity contribution in [3.05, 3.63) is 64.7 Å². The van der Waals surface area contributed by atoms with Gasteiger partial charge in [-0.25, -0.2) is 4.98 Å². The molecule has 1 aliphatic rings. The number of para-hydroxylation sites is 1. The number of benzene rings is 2. The monoisotopic (exact) mass is 409 g/mol. The Balaban J connectivity index is 1.44. The number of piperidine rings is 1. The fourth-order valence-electron chi connectivity index (χ4n) is 4.07. The topological polar surface area (TPSA) is 76.8 Å². The highest BCUT2D eigenvalue weighted by atomic mass is 16.5. The van der Waals surface area contributed by atoms with Gasteiger partial charge in [0.15, 0.2) is 0 Å². The van der Waals surface area contributed by atoms with Gasteiger partial charge in [-0.3, -0.25) is 14.3 Å². The molecule has 1 fully saturated rings. The van der Waals surface area contributed by atoms with Crippen molar-refractivity contribution in [3.63, 3.8) is 0 Å². The van der Waals surface area contributed by atoms with Gasteiger partial charge < -0.3 is 14.6 Å². The van der Waals surface area contributed by atoms with Crippen molar-refractivity contribution < 1.29 is 14.6 Å². The van der Waals surface area contributed by atoms with E-state index in [1.165, 1.54) is 10.9 Å². The lowest BCUT2D eigenvalue weighted by molar-refractivity contribution is -0.0365. The summed E-state index contributed by atoms with van der Waals surface area (Å²) in [4.78, 5) is 19.4. The van der Waals surface area contributed by atoms with E-state index >= 15 is 0 Å². The molecule has 4 rings (SSSR count). The standard InChI is InChI=1S/C23H27N3O4/c1-29-18-7-8-21(30-2)17(13-18)14-25-11-9-23(28,10-12-25)15-26-16-24-20-6-4-3-5-19(20)22(26)27/h3-8,13,16,28H,9-12,14-15H2,1-2H3. The summed E-state index contributed by atoms with van der Waals surface area (Å²) in [7, 11) is 3.31. The molecule has 1 aromatic heterocycles. The Morgan fingerprint density at radius 3 is 2.60 bits per heavy atom. The summed E-state index contributed by atoms with van der Waals surface area (Å²) in [5.41, 5.74) is 0.686. The lowest BCUT2D eigenvalue weighted by Crippen LogP contribution is -2.47. The minimum atomic E-state index is -0.928. The zero-order valence-electron chi connectivity index (χ0n) is 17.4. The summed E-state index contributed by atoms with van der Waals surface area (Å²) in [6.07, 6.45) is 2.70. The van der Waals surface area contributed by atoms with Crippen molar-refractivity contribution in [2.75, 3.05) is 27.3 Å². The van der Waals surface area contributed by atoms with Gasteiger partial charge in [-0.15, -0.1) is 0 Å². The number of nitrogens with zero attached hydrogens (tertiary/aromatic N) is 3. The zero-order chi connectivity index (χ0) is 21.1. The first-order valence-electron chi connectivity index (χ1n) is 10.1. The molecule has 0 saturated carbocycles. The van der Waals surface area contributed by atoms with Gasteiger partial charge in [0.1, 0.15) is 11.5 Å². The number of aromatic nitrogens is 2. The third-order valence-electron chi connectivity index (χ3n) is 5.86. The maximum Gasteiger partial charge on any atom is 0.261 e. The van der Waals surface area contributed by atoms with E-state index in [1.807, 2.05) is 36.4 Å². The minimum absolute atomic E-state index is 0.113. The molecule has 30 heavy (non-hydrogen) atoms. The van der Waals surface area contributed by atoms with Crippen LogP contribution in [0, 0.1) is 0 Å². The van der Waals surface area contributed by atoms with Gasteiger partial charge in [0.05, 0.1) is 43.6 Å². The molecule has 1 saturated heterocycles. The third-order valence-corrected chi connectivity index (χ3v) is 5.86. The largest absolute Gasteiger partial charge is 0.497 e. The van der Waals surface area contributed by atoms with Crippen LogP contribution < -0.4 is 15.0 Å². The molecule has 158 valence electrons. The Kier molecular flexibility index (Phi) is 5.74. The highest BCUT2D eigenvalue weighted by Gasteiger charge is 2.33. The van der Waals surface area contributed by atoms with E-state index in [1.54, 1.807) is 20.3 Å². The summed E-state index contributed by atoms with van der Waals surface area (Å²) < 4.78 is 12.3. The van der Waals surface area contributed by atoms with Crippen molar-refractivity contribution >= 4 is 10.9 Å². The fraction of sp³-hybridized carbons (Fsp3) is 0.391. The summed E-state index contributed by atoms with van der Waals surface area (Å²) in [5, 5.41) is 11.7. The second-order valence-corrected chi connectivity index (χ2v) is 7.87. The highest BCUT2D eigenvalue weighted by Crippen LogP contribution is 2.29. The van der Waals surface area contributed by atoms with Crippen molar-refractivity contribution in [3.8, 4) is 11.5 Å². The normalized spacial score (nSPS) is 16.5. The van der Waals surface area contributed by atoms with E-state index in [9.17, 15) is 9.90 Å². The van der Waals surface area contributed by atoms with Crippen LogP contribution in [-0.2, 0) is 13.1 Å². The Morgan fingerprint density at radius 1 is 1.10 bits per heavy atom. The number of hydrogen-bond donors (Lipinski definition) is 1. The first-order chi connectivity index (χ1) is 14.5. The first-order valence-corrected chi connectivity index (χ1v) is 10.1. The number of likely N-dealkylation sites (tertiary alicyclic amines) is 1. The number of aliphatic hydroxyl groups is 1. The Bertz CT molecular complexity index is 1090. The van der Waals surface area contributed by atoms with Crippen LogP contribution in [0.3, 0.4) is 0 Å². The van der Waals surface area contributed by atoms with Crippen LogP contribution in [0.2, 0.25) is 0 Å². The summed E-state index contributed by atoms with van der Waals surface area (Å²) in [6.45, 7) is 2.42. The number of ether oxygens (including phenoxy) is 2. The van der Waals surface area contributed by atoms with Crippen LogP contribution in [0.1, 0.15) is 18.4 Å². The Labute approximate surface area is 175 Å². The van der Waals surface area contributed by atoms with Gasteiger partial charge in [0.2, 0.25) is 0 Å². The van der Waals surface area contributed by atoms with Crippen LogP contribution in [0.25, 0.3) is 10.9 Å². The third kappa shape index (κ3) is 4.17. The van der Waals surface area contributed by atoms with Crippen molar-refractivity contribution in [2.45, 2.75) is 31.5 Å². The SMILES string of the molecule is COc1ccc(OC)c(CN2CCC(O)(Cn3cnc4ccccc4c3=O)CC2)c1. The molecule has 0 radical (unpaired) electrons. The number of methoxy groups -OCH3 is 2. The Hall–Kier alpha value is -2.90. The van der Waals surface area contributed by atoms with Gasteiger partial charge in [-0.1, -0.05) is 12.1 Å². The van der Waals surface area contributed by atoms with E-state index in [2.05, 4.69) is 9.88 Å². The molecule has 1 N–H and O–H groups in total. The van der Waals surface area contributed by atoms with Gasteiger partial charge in [0, 0.05) is 25.2 Å². The van der Waals surface area contributed by atoms with Gasteiger partial charge in [-0.2, -0.15) is 0 Å². The van der Waals surface area contributed by atoms with Gasteiger partial charge in [0.25, 0.3) is 5.56 Å². The molecule has 7 heteroatoms. The summed E-state index contributed by atoms with van der Waals surface area (Å²) in [6, 6.07) is 13.1. The molecule has 0 unspecified atom stereocenters. The quantitative estimate of drug-likeness (QED) is 0.674. The number of rotatable bonds is 6. The lowest BCUT2D eigenvalue weighted by atomic mass is 9.91. The molecular formula is C23H27N3O4. The summed E-state index contributed by atoms with van der Waals surface area (Å²) in [5.74, 6) is 1.62. The minimum Gasteiger partial charge on any atom is -0.497 e. The van der Waals surface area contributed by atoms with Crippen molar-refractivity contribution in [1.29, 1.82) is 0 Å². The molecule has 1 aliphatic heterocycles. The Morgan fingerprint density at radius 2 is 1.87 bits per heavy atom. The molecule has 0 bridgehead atoms. The molecule has 2 heterocycles. The highest BCUT2D eigenvalue weighted by molar-refractivity contribution is 5.76. The van der Waals surface area contributed by atoms with Crippen molar-refractivity contribution in [1.82, 2.24) is 14.5 Å². The van der Waals surface area contributed by atoms with E-state index < -0.39 is 5.60 Å². The fourth-order valence-corrected chi connectivity index (χ4v) is 4.07. The van der Waals surface area contributed by atoms with Crippen LogP contribution in [0.4, 0.5) is 0 Å². The average Bonchev–Trinajstić information content (AvgIpc) is 2.77. The number of hydrogen-bond acceptors (Lipinski definition) is 6. The second kappa shape index (κ2) is 8.45. The molecule has 0 atom stereocenters. The predicted molar refractivity (Wildman–Crippen MR) is 115 cm³/mol. The van der Waals surface area contributed by atoms with Crippen LogP contribution >= 0.6 is 0 Å². The average molecular weight is 409 g/mol. The van der Waals surface area contributed by atoms with Crippen LogP contribution in [-0.4, -0.2) is 52.5 Å². The molecular weight excluding hydrogens is 382 g/mol. The van der Waals surface area contributed by atoms with E-state index in [4.69, 9.17) is 9.47 Å². The molecule has 0 aliphatic carbocycles. The molecule has 0 spiro atoms.